The van der Waals surface area contributed by atoms with Crippen molar-refractivity contribution in [3.8, 4) is 0 Å². The van der Waals surface area contributed by atoms with Crippen molar-refractivity contribution in [2.75, 3.05) is 13.1 Å². The summed E-state index contributed by atoms with van der Waals surface area (Å²) in [4.78, 5) is 31.5. The average Bonchev–Trinajstić information content (AvgIpc) is 3.33. The Balaban J connectivity index is 1.60. The molecule has 9 heteroatoms. The maximum atomic E-state index is 12.8. The number of rotatable bonds is 3. The molecule has 1 spiro atoms. The molecule has 2 aliphatic heterocycles. The minimum absolute atomic E-state index is 0.0300. The molecule has 0 aliphatic carbocycles. The summed E-state index contributed by atoms with van der Waals surface area (Å²) in [7, 11) is 0. The zero-order valence-corrected chi connectivity index (χ0v) is 16.0. The molecular weight excluding hydrogens is 352 g/mol. The van der Waals surface area contributed by atoms with Crippen LogP contribution in [0.4, 0.5) is 0 Å². The first kappa shape index (κ1) is 17.1. The van der Waals surface area contributed by atoms with E-state index in [9.17, 15) is 9.59 Å². The highest BCUT2D eigenvalue weighted by Crippen LogP contribution is 2.40. The summed E-state index contributed by atoms with van der Waals surface area (Å²) < 4.78 is 1.98. The topological polar surface area (TPSA) is 93.0 Å². The van der Waals surface area contributed by atoms with Crippen LogP contribution in [0.5, 0.6) is 0 Å². The Kier molecular flexibility index (Phi) is 4.06. The highest BCUT2D eigenvalue weighted by molar-refractivity contribution is 7.09. The van der Waals surface area contributed by atoms with Crippen molar-refractivity contribution in [3.05, 3.63) is 27.7 Å². The molecular formula is C17H22N6O2S. The largest absolute Gasteiger partial charge is 0.347 e. The van der Waals surface area contributed by atoms with E-state index in [1.54, 1.807) is 0 Å². The molecule has 1 N–H and O–H groups in total. The monoisotopic (exact) mass is 374 g/mol. The quantitative estimate of drug-likeness (QED) is 0.876. The van der Waals surface area contributed by atoms with E-state index in [-0.39, 0.29) is 23.4 Å². The van der Waals surface area contributed by atoms with Crippen LogP contribution in [0.3, 0.4) is 0 Å². The van der Waals surface area contributed by atoms with Gasteiger partial charge in [-0.2, -0.15) is 0 Å². The predicted octanol–water partition coefficient (Wildman–Crippen LogP) is 1.37. The SMILES string of the molecule is Cc1nc(C(=O)N2CCC3(CCc4nnc(C(=O)NC(C)C)n43)C2)cs1. The minimum atomic E-state index is -0.288. The van der Waals surface area contributed by atoms with Crippen molar-refractivity contribution in [2.45, 2.75) is 51.6 Å². The third kappa shape index (κ3) is 2.70. The van der Waals surface area contributed by atoms with Crippen molar-refractivity contribution in [1.82, 2.24) is 30.0 Å². The molecule has 4 heterocycles. The number of aryl methyl sites for hydroxylation is 2. The summed E-state index contributed by atoms with van der Waals surface area (Å²) in [5.41, 5.74) is 0.216. The molecule has 26 heavy (non-hydrogen) atoms. The standard InChI is InChI=1S/C17H22N6O2S/c1-10(2)18-15(24)14-21-20-13-4-5-17(23(13)14)6-7-22(9-17)16(25)12-8-26-11(3)19-12/h8,10H,4-7,9H2,1-3H3,(H,18,24). The zero-order chi connectivity index (χ0) is 18.5. The van der Waals surface area contributed by atoms with Crippen molar-refractivity contribution in [1.29, 1.82) is 0 Å². The molecule has 4 rings (SSSR count). The molecule has 1 fully saturated rings. The lowest BCUT2D eigenvalue weighted by atomic mass is 9.95. The molecule has 2 aromatic rings. The molecule has 8 nitrogen and oxygen atoms in total. The Morgan fingerprint density at radius 2 is 2.12 bits per heavy atom. The molecule has 1 saturated heterocycles. The van der Waals surface area contributed by atoms with E-state index in [1.807, 2.05) is 35.6 Å². The first-order chi connectivity index (χ1) is 12.4. The van der Waals surface area contributed by atoms with E-state index < -0.39 is 0 Å². The molecule has 1 unspecified atom stereocenters. The second-order valence-corrected chi connectivity index (χ2v) is 8.42. The van der Waals surface area contributed by atoms with Crippen LogP contribution >= 0.6 is 11.3 Å². The van der Waals surface area contributed by atoms with Gasteiger partial charge in [0.05, 0.1) is 10.5 Å². The number of nitrogens with one attached hydrogen (secondary N) is 1. The number of fused-ring (bicyclic) bond motifs is 2. The van der Waals surface area contributed by atoms with Gasteiger partial charge in [-0.15, -0.1) is 21.5 Å². The van der Waals surface area contributed by atoms with Crippen LogP contribution in [0.2, 0.25) is 0 Å². The Labute approximate surface area is 155 Å². The Morgan fingerprint density at radius 1 is 1.31 bits per heavy atom. The number of nitrogens with zero attached hydrogens (tertiary/aromatic N) is 5. The maximum Gasteiger partial charge on any atom is 0.289 e. The van der Waals surface area contributed by atoms with E-state index in [0.29, 0.717) is 24.6 Å². The maximum absolute atomic E-state index is 12.8. The summed E-state index contributed by atoms with van der Waals surface area (Å²) in [6.45, 7) is 6.95. The van der Waals surface area contributed by atoms with Gasteiger partial charge in [0.1, 0.15) is 11.5 Å². The highest BCUT2D eigenvalue weighted by atomic mass is 32.1. The van der Waals surface area contributed by atoms with Crippen LogP contribution in [-0.4, -0.2) is 55.6 Å². The van der Waals surface area contributed by atoms with Gasteiger partial charge in [0.25, 0.3) is 11.8 Å². The summed E-state index contributed by atoms with van der Waals surface area (Å²) in [6.07, 6.45) is 2.45. The lowest BCUT2D eigenvalue weighted by molar-refractivity contribution is 0.0769. The molecule has 0 bridgehead atoms. The van der Waals surface area contributed by atoms with E-state index in [0.717, 1.165) is 30.1 Å². The van der Waals surface area contributed by atoms with Crippen molar-refractivity contribution in [3.63, 3.8) is 0 Å². The molecule has 0 aromatic carbocycles. The van der Waals surface area contributed by atoms with Crippen LogP contribution < -0.4 is 5.32 Å². The average molecular weight is 374 g/mol. The number of likely N-dealkylation sites (tertiary alicyclic amines) is 1. The Hall–Kier alpha value is -2.29. The minimum Gasteiger partial charge on any atom is -0.347 e. The number of thiazole rings is 1. The first-order valence-corrected chi connectivity index (χ1v) is 9.75. The lowest BCUT2D eigenvalue weighted by Crippen LogP contribution is -2.40. The fourth-order valence-electron chi connectivity index (χ4n) is 3.95. The second kappa shape index (κ2) is 6.15. The lowest BCUT2D eigenvalue weighted by Gasteiger charge is -2.27. The Bertz CT molecular complexity index is 872. The van der Waals surface area contributed by atoms with Crippen LogP contribution in [0.15, 0.2) is 5.38 Å². The fourth-order valence-corrected chi connectivity index (χ4v) is 4.53. The van der Waals surface area contributed by atoms with Gasteiger partial charge >= 0.3 is 0 Å². The van der Waals surface area contributed by atoms with E-state index in [1.165, 1.54) is 11.3 Å². The van der Waals surface area contributed by atoms with Gasteiger partial charge < -0.3 is 10.2 Å². The fraction of sp³-hybridized carbons (Fsp3) is 0.588. The van der Waals surface area contributed by atoms with Crippen molar-refractivity contribution >= 4 is 23.2 Å². The molecule has 2 aliphatic rings. The number of aromatic nitrogens is 4. The van der Waals surface area contributed by atoms with E-state index >= 15 is 0 Å². The van der Waals surface area contributed by atoms with Gasteiger partial charge in [0.15, 0.2) is 0 Å². The van der Waals surface area contributed by atoms with Gasteiger partial charge in [0.2, 0.25) is 5.82 Å². The summed E-state index contributed by atoms with van der Waals surface area (Å²) >= 11 is 1.48. The third-order valence-electron chi connectivity index (χ3n) is 5.10. The zero-order valence-electron chi connectivity index (χ0n) is 15.2. The first-order valence-electron chi connectivity index (χ1n) is 8.87. The van der Waals surface area contributed by atoms with Gasteiger partial charge in [-0.05, 0) is 33.6 Å². The summed E-state index contributed by atoms with van der Waals surface area (Å²) in [5, 5.41) is 13.9. The van der Waals surface area contributed by atoms with Gasteiger partial charge in [-0.3, -0.25) is 14.2 Å². The molecule has 0 radical (unpaired) electrons. The molecule has 1 atom stereocenters. The number of amides is 2. The van der Waals surface area contributed by atoms with Crippen molar-refractivity contribution in [2.24, 2.45) is 0 Å². The van der Waals surface area contributed by atoms with Gasteiger partial charge in [-0.1, -0.05) is 0 Å². The third-order valence-corrected chi connectivity index (χ3v) is 5.87. The van der Waals surface area contributed by atoms with Crippen LogP contribution in [0, 0.1) is 6.92 Å². The van der Waals surface area contributed by atoms with Gasteiger partial charge in [-0.25, -0.2) is 4.98 Å². The van der Waals surface area contributed by atoms with Gasteiger partial charge in [0, 0.05) is 30.9 Å². The number of hydrogen-bond donors (Lipinski definition) is 1. The highest BCUT2D eigenvalue weighted by Gasteiger charge is 2.48. The molecule has 0 saturated carbocycles. The smallest absolute Gasteiger partial charge is 0.289 e. The van der Waals surface area contributed by atoms with E-state index in [2.05, 4.69) is 20.5 Å². The summed E-state index contributed by atoms with van der Waals surface area (Å²) in [6, 6.07) is 0.0300. The Morgan fingerprint density at radius 3 is 2.81 bits per heavy atom. The van der Waals surface area contributed by atoms with Crippen molar-refractivity contribution < 1.29 is 9.59 Å². The van der Waals surface area contributed by atoms with Crippen LogP contribution in [0.25, 0.3) is 0 Å². The molecule has 138 valence electrons. The number of carbonyl (C=O) groups excluding carboxylic acids is 2. The predicted molar refractivity (Wildman–Crippen MR) is 96.3 cm³/mol. The van der Waals surface area contributed by atoms with Crippen LogP contribution in [0.1, 0.15) is 58.6 Å². The van der Waals surface area contributed by atoms with E-state index in [4.69, 9.17) is 0 Å². The molecule has 2 aromatic heterocycles. The number of carbonyl (C=O) groups is 2. The summed E-state index contributed by atoms with van der Waals surface area (Å²) in [5.74, 6) is 0.934. The normalized spacial score (nSPS) is 21.6. The molecule has 2 amide bonds. The number of hydrogen-bond acceptors (Lipinski definition) is 6. The second-order valence-electron chi connectivity index (χ2n) is 7.36. The van der Waals surface area contributed by atoms with Crippen LogP contribution in [-0.2, 0) is 12.0 Å².